The molecule has 5 heteroatoms. The number of piperazine rings is 1. The van der Waals surface area contributed by atoms with Crippen LogP contribution in [0.15, 0.2) is 36.0 Å². The van der Waals surface area contributed by atoms with E-state index in [0.29, 0.717) is 12.1 Å². The van der Waals surface area contributed by atoms with Gasteiger partial charge in [0.05, 0.1) is 0 Å². The molecule has 94 valence electrons. The van der Waals surface area contributed by atoms with Crippen molar-refractivity contribution in [3.63, 3.8) is 0 Å². The summed E-state index contributed by atoms with van der Waals surface area (Å²) in [6.45, 7) is 2.44. The van der Waals surface area contributed by atoms with Crippen LogP contribution in [-0.4, -0.2) is 24.3 Å². The van der Waals surface area contributed by atoms with Gasteiger partial charge in [-0.15, -0.1) is 0 Å². The summed E-state index contributed by atoms with van der Waals surface area (Å²) in [6, 6.07) is 5.23. The van der Waals surface area contributed by atoms with Crippen molar-refractivity contribution < 1.29 is 14.0 Å². The summed E-state index contributed by atoms with van der Waals surface area (Å²) in [5.41, 5.74) is 0.583. The SMILES string of the molecule is C[C@@H]1CN/C(=C\C(=O)c2ccc(F)cc2)C(=O)N1. The van der Waals surface area contributed by atoms with Gasteiger partial charge in [-0.1, -0.05) is 0 Å². The van der Waals surface area contributed by atoms with Gasteiger partial charge < -0.3 is 10.6 Å². The molecule has 0 saturated carbocycles. The van der Waals surface area contributed by atoms with Gasteiger partial charge in [-0.05, 0) is 31.2 Å². The maximum Gasteiger partial charge on any atom is 0.267 e. The molecule has 1 amide bonds. The molecule has 1 heterocycles. The average molecular weight is 248 g/mol. The standard InChI is InChI=1S/C13H13FN2O2/c1-8-7-15-11(13(18)16-8)6-12(17)9-2-4-10(14)5-3-9/h2-6,8,15H,7H2,1H3,(H,16,18)/b11-6-/t8-/m1/s1. The fourth-order valence-corrected chi connectivity index (χ4v) is 1.64. The Balaban J connectivity index is 2.15. The van der Waals surface area contributed by atoms with Crippen molar-refractivity contribution in [1.82, 2.24) is 10.6 Å². The number of nitrogens with one attached hydrogen (secondary N) is 2. The first kappa shape index (κ1) is 12.3. The number of carbonyl (C=O) groups is 2. The zero-order valence-corrected chi connectivity index (χ0v) is 9.87. The molecule has 2 rings (SSSR count). The first-order valence-corrected chi connectivity index (χ1v) is 5.62. The van der Waals surface area contributed by atoms with Crippen molar-refractivity contribution in [3.8, 4) is 0 Å². The highest BCUT2D eigenvalue weighted by atomic mass is 19.1. The largest absolute Gasteiger partial charge is 0.378 e. The molecular weight excluding hydrogens is 235 g/mol. The van der Waals surface area contributed by atoms with Gasteiger partial charge in [0, 0.05) is 24.2 Å². The number of amides is 1. The zero-order chi connectivity index (χ0) is 13.1. The number of allylic oxidation sites excluding steroid dienone is 1. The van der Waals surface area contributed by atoms with E-state index in [1.165, 1.54) is 30.3 Å². The van der Waals surface area contributed by atoms with E-state index in [-0.39, 0.29) is 23.4 Å². The molecule has 1 aliphatic rings. The Bertz CT molecular complexity index is 508. The number of carbonyl (C=O) groups excluding carboxylic acids is 2. The van der Waals surface area contributed by atoms with Gasteiger partial charge in [0.1, 0.15) is 11.5 Å². The quantitative estimate of drug-likeness (QED) is 0.606. The smallest absolute Gasteiger partial charge is 0.267 e. The van der Waals surface area contributed by atoms with Gasteiger partial charge in [0.2, 0.25) is 0 Å². The highest BCUT2D eigenvalue weighted by Gasteiger charge is 2.19. The third kappa shape index (κ3) is 2.74. The maximum absolute atomic E-state index is 12.7. The minimum atomic E-state index is -0.401. The van der Waals surface area contributed by atoms with Gasteiger partial charge in [0.25, 0.3) is 5.91 Å². The minimum absolute atomic E-state index is 0.0376. The summed E-state index contributed by atoms with van der Waals surface area (Å²) in [6.07, 6.45) is 1.23. The summed E-state index contributed by atoms with van der Waals surface area (Å²) < 4.78 is 12.7. The Morgan fingerprint density at radius 2 is 2.06 bits per heavy atom. The van der Waals surface area contributed by atoms with Crippen LogP contribution in [0, 0.1) is 5.82 Å². The average Bonchev–Trinajstić information content (AvgIpc) is 2.33. The van der Waals surface area contributed by atoms with Gasteiger partial charge in [0.15, 0.2) is 5.78 Å². The monoisotopic (exact) mass is 248 g/mol. The molecule has 4 nitrogen and oxygen atoms in total. The minimum Gasteiger partial charge on any atom is -0.378 e. The number of ketones is 1. The molecule has 0 bridgehead atoms. The lowest BCUT2D eigenvalue weighted by Crippen LogP contribution is -2.49. The Labute approximate surface area is 104 Å². The highest BCUT2D eigenvalue weighted by molar-refractivity contribution is 6.09. The van der Waals surface area contributed by atoms with Gasteiger partial charge in [-0.2, -0.15) is 0 Å². The number of halogens is 1. The fourth-order valence-electron chi connectivity index (χ4n) is 1.64. The lowest BCUT2D eigenvalue weighted by molar-refractivity contribution is -0.119. The molecule has 1 aromatic rings. The van der Waals surface area contributed by atoms with Gasteiger partial charge >= 0.3 is 0 Å². The first-order valence-electron chi connectivity index (χ1n) is 5.62. The summed E-state index contributed by atoms with van der Waals surface area (Å²) in [7, 11) is 0. The van der Waals surface area contributed by atoms with E-state index < -0.39 is 5.82 Å². The van der Waals surface area contributed by atoms with Crippen LogP contribution in [0.1, 0.15) is 17.3 Å². The van der Waals surface area contributed by atoms with Gasteiger partial charge in [-0.25, -0.2) is 4.39 Å². The second-order valence-corrected chi connectivity index (χ2v) is 4.18. The van der Waals surface area contributed by atoms with E-state index in [1.807, 2.05) is 6.92 Å². The van der Waals surface area contributed by atoms with E-state index in [1.54, 1.807) is 0 Å². The van der Waals surface area contributed by atoms with Crippen LogP contribution >= 0.6 is 0 Å². The Morgan fingerprint density at radius 1 is 1.39 bits per heavy atom. The normalized spacial score (nSPS) is 21.3. The van der Waals surface area contributed by atoms with Crippen LogP contribution in [0.5, 0.6) is 0 Å². The molecular formula is C13H13FN2O2. The Hall–Kier alpha value is -2.17. The van der Waals surface area contributed by atoms with Crippen LogP contribution < -0.4 is 10.6 Å². The van der Waals surface area contributed by atoms with E-state index in [0.717, 1.165) is 0 Å². The van der Waals surface area contributed by atoms with Crippen molar-refractivity contribution >= 4 is 11.7 Å². The lowest BCUT2D eigenvalue weighted by atomic mass is 10.1. The Morgan fingerprint density at radius 3 is 2.67 bits per heavy atom. The summed E-state index contributed by atoms with van der Waals surface area (Å²) in [5.74, 6) is -1.03. The van der Waals surface area contributed by atoms with Crippen LogP contribution in [-0.2, 0) is 4.79 Å². The second-order valence-electron chi connectivity index (χ2n) is 4.18. The predicted octanol–water partition coefficient (Wildman–Crippen LogP) is 1.00. The number of benzene rings is 1. The van der Waals surface area contributed by atoms with Crippen molar-refractivity contribution in [2.24, 2.45) is 0 Å². The van der Waals surface area contributed by atoms with E-state index in [9.17, 15) is 14.0 Å². The summed E-state index contributed by atoms with van der Waals surface area (Å²) in [5, 5.41) is 5.60. The molecule has 1 saturated heterocycles. The van der Waals surface area contributed by atoms with Crippen molar-refractivity contribution in [3.05, 3.63) is 47.4 Å². The molecule has 1 aliphatic heterocycles. The van der Waals surface area contributed by atoms with Crippen molar-refractivity contribution in [2.45, 2.75) is 13.0 Å². The van der Waals surface area contributed by atoms with E-state index in [4.69, 9.17) is 0 Å². The first-order chi connectivity index (χ1) is 8.56. The Kier molecular flexibility index (Phi) is 3.41. The highest BCUT2D eigenvalue weighted by Crippen LogP contribution is 2.07. The zero-order valence-electron chi connectivity index (χ0n) is 9.87. The molecule has 0 radical (unpaired) electrons. The van der Waals surface area contributed by atoms with E-state index >= 15 is 0 Å². The molecule has 0 aromatic heterocycles. The molecule has 1 fully saturated rings. The predicted molar refractivity (Wildman–Crippen MR) is 64.4 cm³/mol. The molecule has 1 aromatic carbocycles. The second kappa shape index (κ2) is 5.00. The van der Waals surface area contributed by atoms with Crippen LogP contribution in [0.3, 0.4) is 0 Å². The third-order valence-corrected chi connectivity index (χ3v) is 2.62. The molecule has 18 heavy (non-hydrogen) atoms. The summed E-state index contributed by atoms with van der Waals surface area (Å²) >= 11 is 0. The number of hydrogen-bond acceptors (Lipinski definition) is 3. The molecule has 0 spiro atoms. The molecule has 2 N–H and O–H groups in total. The molecule has 0 unspecified atom stereocenters. The maximum atomic E-state index is 12.7. The summed E-state index contributed by atoms with van der Waals surface area (Å²) in [4.78, 5) is 23.4. The topological polar surface area (TPSA) is 58.2 Å². The van der Waals surface area contributed by atoms with Crippen LogP contribution in [0.4, 0.5) is 4.39 Å². The molecule has 1 atom stereocenters. The van der Waals surface area contributed by atoms with E-state index in [2.05, 4.69) is 10.6 Å². The lowest BCUT2D eigenvalue weighted by Gasteiger charge is -2.23. The molecule has 0 aliphatic carbocycles. The number of rotatable bonds is 2. The van der Waals surface area contributed by atoms with Gasteiger partial charge in [-0.3, -0.25) is 9.59 Å². The third-order valence-electron chi connectivity index (χ3n) is 2.62. The number of hydrogen-bond donors (Lipinski definition) is 2. The van der Waals surface area contributed by atoms with Crippen molar-refractivity contribution in [1.29, 1.82) is 0 Å². The van der Waals surface area contributed by atoms with Crippen LogP contribution in [0.25, 0.3) is 0 Å². The fraction of sp³-hybridized carbons (Fsp3) is 0.231. The van der Waals surface area contributed by atoms with Crippen LogP contribution in [0.2, 0.25) is 0 Å². The van der Waals surface area contributed by atoms with Crippen molar-refractivity contribution in [2.75, 3.05) is 6.54 Å².